The van der Waals surface area contributed by atoms with Crippen LogP contribution in [0.25, 0.3) is 0 Å². The minimum atomic E-state index is -0.226. The Bertz CT molecular complexity index is 351. The van der Waals surface area contributed by atoms with Gasteiger partial charge in [-0.3, -0.25) is 0 Å². The fourth-order valence-corrected chi connectivity index (χ4v) is 5.73. The Hall–Kier alpha value is -0.0800. The van der Waals surface area contributed by atoms with Gasteiger partial charge < -0.3 is 10.2 Å². The molecule has 3 rings (SSSR count). The Morgan fingerprint density at radius 2 is 1.53 bits per heavy atom. The molecule has 3 saturated carbocycles. The second kappa shape index (κ2) is 3.08. The van der Waals surface area contributed by atoms with E-state index >= 15 is 0 Å². The van der Waals surface area contributed by atoms with E-state index in [1.54, 1.807) is 0 Å². The highest BCUT2D eigenvalue weighted by Crippen LogP contribution is 2.73. The monoisotopic (exact) mass is 238 g/mol. The molecule has 0 aromatic carbocycles. The van der Waals surface area contributed by atoms with Gasteiger partial charge in [-0.05, 0) is 41.9 Å². The SMILES string of the molecule is CC1(C)CCCC2(C)C3C(O)CC2(C)[C@H](O)C31. The third-order valence-corrected chi connectivity index (χ3v) is 6.89. The van der Waals surface area contributed by atoms with Crippen LogP contribution in [0.2, 0.25) is 0 Å². The molecular formula is C15H26O2. The van der Waals surface area contributed by atoms with Crippen LogP contribution in [0.4, 0.5) is 0 Å². The van der Waals surface area contributed by atoms with Gasteiger partial charge in [0.15, 0.2) is 0 Å². The third kappa shape index (κ3) is 1.14. The summed E-state index contributed by atoms with van der Waals surface area (Å²) < 4.78 is 0. The Morgan fingerprint density at radius 1 is 0.882 bits per heavy atom. The van der Waals surface area contributed by atoms with Crippen molar-refractivity contribution < 1.29 is 10.2 Å². The van der Waals surface area contributed by atoms with Crippen molar-refractivity contribution in [2.45, 2.75) is 65.6 Å². The lowest BCUT2D eigenvalue weighted by Crippen LogP contribution is -2.46. The second-order valence-electron chi connectivity index (χ2n) is 7.94. The average molecular weight is 238 g/mol. The summed E-state index contributed by atoms with van der Waals surface area (Å²) in [5.41, 5.74) is 0.241. The van der Waals surface area contributed by atoms with Gasteiger partial charge in [-0.25, -0.2) is 0 Å². The molecule has 3 aliphatic carbocycles. The smallest absolute Gasteiger partial charge is 0.0637 e. The van der Waals surface area contributed by atoms with Gasteiger partial charge in [0, 0.05) is 5.41 Å². The maximum atomic E-state index is 10.8. The van der Waals surface area contributed by atoms with Crippen molar-refractivity contribution in [1.82, 2.24) is 0 Å². The molecule has 0 heterocycles. The maximum Gasteiger partial charge on any atom is 0.0637 e. The molecule has 3 fully saturated rings. The van der Waals surface area contributed by atoms with Crippen LogP contribution in [0.1, 0.15) is 53.4 Å². The van der Waals surface area contributed by atoms with Crippen LogP contribution < -0.4 is 0 Å². The van der Waals surface area contributed by atoms with Gasteiger partial charge in [0.05, 0.1) is 12.2 Å². The van der Waals surface area contributed by atoms with E-state index < -0.39 is 0 Å². The predicted molar refractivity (Wildman–Crippen MR) is 67.5 cm³/mol. The van der Waals surface area contributed by atoms with Gasteiger partial charge in [-0.15, -0.1) is 0 Å². The van der Waals surface area contributed by atoms with Crippen LogP contribution in [-0.2, 0) is 0 Å². The van der Waals surface area contributed by atoms with E-state index in [0.29, 0.717) is 5.92 Å². The zero-order valence-electron chi connectivity index (χ0n) is 11.5. The van der Waals surface area contributed by atoms with Crippen molar-refractivity contribution in [3.8, 4) is 0 Å². The third-order valence-electron chi connectivity index (χ3n) is 6.89. The van der Waals surface area contributed by atoms with Gasteiger partial charge in [-0.1, -0.05) is 34.1 Å². The highest BCUT2D eigenvalue weighted by molar-refractivity contribution is 5.22. The van der Waals surface area contributed by atoms with E-state index in [9.17, 15) is 10.2 Å². The van der Waals surface area contributed by atoms with E-state index in [4.69, 9.17) is 0 Å². The van der Waals surface area contributed by atoms with Crippen LogP contribution in [0.5, 0.6) is 0 Å². The first kappa shape index (κ1) is 12.0. The topological polar surface area (TPSA) is 40.5 Å². The lowest BCUT2D eigenvalue weighted by atomic mass is 9.63. The lowest BCUT2D eigenvalue weighted by Gasteiger charge is -2.45. The molecule has 2 nitrogen and oxygen atoms in total. The Balaban J connectivity index is 2.15. The molecule has 0 radical (unpaired) electrons. The van der Waals surface area contributed by atoms with E-state index in [2.05, 4.69) is 27.7 Å². The number of hydrogen-bond acceptors (Lipinski definition) is 2. The molecule has 2 heteroatoms. The van der Waals surface area contributed by atoms with Crippen LogP contribution in [-0.4, -0.2) is 22.4 Å². The van der Waals surface area contributed by atoms with Gasteiger partial charge in [0.1, 0.15) is 0 Å². The largest absolute Gasteiger partial charge is 0.393 e. The van der Waals surface area contributed by atoms with E-state index in [-0.39, 0.29) is 34.4 Å². The van der Waals surface area contributed by atoms with Crippen molar-refractivity contribution in [3.63, 3.8) is 0 Å². The van der Waals surface area contributed by atoms with Crippen molar-refractivity contribution >= 4 is 0 Å². The Kier molecular flexibility index (Phi) is 2.17. The van der Waals surface area contributed by atoms with Crippen LogP contribution in [0, 0.1) is 28.1 Å². The van der Waals surface area contributed by atoms with Crippen molar-refractivity contribution in [1.29, 1.82) is 0 Å². The second-order valence-corrected chi connectivity index (χ2v) is 7.94. The van der Waals surface area contributed by atoms with Crippen molar-refractivity contribution in [2.24, 2.45) is 28.1 Å². The van der Waals surface area contributed by atoms with E-state index in [0.717, 1.165) is 6.42 Å². The van der Waals surface area contributed by atoms with Gasteiger partial charge in [-0.2, -0.15) is 0 Å². The Labute approximate surface area is 104 Å². The number of aliphatic hydroxyl groups is 2. The fraction of sp³-hybridized carbons (Fsp3) is 1.00. The molecule has 0 aromatic rings. The standard InChI is InChI=1S/C15H26O2/c1-13(2)6-5-7-14(3)10-9(16)8-15(14,4)12(17)11(10)13/h9-12,16-17H,5-8H2,1-4H3/t9?,10?,11?,12-,14?,15?/m1/s1. The lowest BCUT2D eigenvalue weighted by molar-refractivity contribution is -0.0850. The molecule has 3 aliphatic rings. The van der Waals surface area contributed by atoms with Crippen LogP contribution in [0.3, 0.4) is 0 Å². The summed E-state index contributed by atoms with van der Waals surface area (Å²) in [5.74, 6) is 0.587. The zero-order valence-corrected chi connectivity index (χ0v) is 11.5. The summed E-state index contributed by atoms with van der Waals surface area (Å²) in [6.07, 6.45) is 3.96. The summed E-state index contributed by atoms with van der Waals surface area (Å²) in [6.45, 7) is 9.09. The molecule has 0 spiro atoms. The van der Waals surface area contributed by atoms with E-state index in [1.807, 2.05) is 0 Å². The summed E-state index contributed by atoms with van der Waals surface area (Å²) in [6, 6.07) is 0. The van der Waals surface area contributed by atoms with Gasteiger partial charge in [0.2, 0.25) is 0 Å². The van der Waals surface area contributed by atoms with Crippen molar-refractivity contribution in [2.75, 3.05) is 0 Å². The Morgan fingerprint density at radius 3 is 2.18 bits per heavy atom. The molecule has 17 heavy (non-hydrogen) atoms. The van der Waals surface area contributed by atoms with Gasteiger partial charge >= 0.3 is 0 Å². The van der Waals surface area contributed by atoms with Crippen LogP contribution >= 0.6 is 0 Å². The molecule has 6 atom stereocenters. The summed E-state index contributed by atoms with van der Waals surface area (Å²) >= 11 is 0. The molecular weight excluding hydrogens is 212 g/mol. The van der Waals surface area contributed by atoms with Crippen molar-refractivity contribution in [3.05, 3.63) is 0 Å². The first-order valence-electron chi connectivity index (χ1n) is 7.10. The molecule has 0 aromatic heterocycles. The number of rotatable bonds is 0. The first-order valence-corrected chi connectivity index (χ1v) is 7.10. The minimum absolute atomic E-state index is 0.0700. The summed E-state index contributed by atoms with van der Waals surface area (Å²) in [5, 5.41) is 21.2. The zero-order chi connectivity index (χ0) is 12.6. The molecule has 0 amide bonds. The van der Waals surface area contributed by atoms with E-state index in [1.165, 1.54) is 19.3 Å². The fourth-order valence-electron chi connectivity index (χ4n) is 5.73. The normalized spacial score (nSPS) is 60.4. The van der Waals surface area contributed by atoms with Crippen LogP contribution in [0.15, 0.2) is 0 Å². The molecule has 98 valence electrons. The maximum absolute atomic E-state index is 10.8. The number of aliphatic hydroxyl groups excluding tert-OH is 2. The highest BCUT2D eigenvalue weighted by atomic mass is 16.3. The molecule has 0 aliphatic heterocycles. The first-order chi connectivity index (χ1) is 7.74. The molecule has 5 unspecified atom stereocenters. The molecule has 0 saturated heterocycles. The molecule has 4 bridgehead atoms. The summed E-state index contributed by atoms with van der Waals surface area (Å²) in [7, 11) is 0. The minimum Gasteiger partial charge on any atom is -0.393 e. The number of hydrogen-bond donors (Lipinski definition) is 2. The predicted octanol–water partition coefficient (Wildman–Crippen LogP) is 2.58. The quantitative estimate of drug-likeness (QED) is 0.681. The highest BCUT2D eigenvalue weighted by Gasteiger charge is 2.73. The van der Waals surface area contributed by atoms with Gasteiger partial charge in [0.25, 0.3) is 0 Å². The molecule has 2 N–H and O–H groups in total. The summed E-state index contributed by atoms with van der Waals surface area (Å²) in [4.78, 5) is 0. The average Bonchev–Trinajstić information content (AvgIpc) is 2.44.